The molecule has 4 nitrogen and oxygen atoms in total. The van der Waals surface area contributed by atoms with Gasteiger partial charge in [0, 0.05) is 13.1 Å². The topological polar surface area (TPSA) is 41.0 Å². The second-order valence-electron chi connectivity index (χ2n) is 4.75. The monoisotopic (exact) mass is 239 g/mol. The van der Waals surface area contributed by atoms with Crippen molar-refractivity contribution in [2.75, 3.05) is 18.6 Å². The molecule has 3 heterocycles. The first kappa shape index (κ1) is 10.5. The average molecular weight is 239 g/mol. The van der Waals surface area contributed by atoms with Gasteiger partial charge in [-0.15, -0.1) is 0 Å². The molecule has 2 aliphatic rings. The fourth-order valence-corrected chi connectivity index (χ4v) is 3.77. The zero-order valence-corrected chi connectivity index (χ0v) is 10.3. The normalized spacial score (nSPS) is 22.6. The van der Waals surface area contributed by atoms with Crippen molar-refractivity contribution in [3.8, 4) is 0 Å². The summed E-state index contributed by atoms with van der Waals surface area (Å²) in [6, 6.07) is 0.518. The van der Waals surface area contributed by atoms with E-state index in [1.165, 1.54) is 30.0 Å². The highest BCUT2D eigenvalue weighted by molar-refractivity contribution is 7.99. The van der Waals surface area contributed by atoms with Crippen molar-refractivity contribution in [1.29, 1.82) is 0 Å². The standard InChI is InChI=1S/C11H17N3OS/c1-13-6-9-10(7-13)14(12-11(9)15)8-2-4-16-5-3-8/h8H,2-7H2,1H3,(H,12,15). The number of nitrogens with zero attached hydrogens (tertiary/aromatic N) is 2. The Bertz CT molecular complexity index is 445. The van der Waals surface area contributed by atoms with Gasteiger partial charge >= 0.3 is 0 Å². The van der Waals surface area contributed by atoms with Crippen LogP contribution in [0.25, 0.3) is 0 Å². The van der Waals surface area contributed by atoms with Crippen LogP contribution >= 0.6 is 11.8 Å². The first-order chi connectivity index (χ1) is 7.75. The first-order valence-corrected chi connectivity index (χ1v) is 6.99. The van der Waals surface area contributed by atoms with Crippen molar-refractivity contribution in [2.24, 2.45) is 0 Å². The maximum atomic E-state index is 11.8. The third-order valence-electron chi connectivity index (χ3n) is 3.54. The summed E-state index contributed by atoms with van der Waals surface area (Å²) in [4.78, 5) is 14.0. The van der Waals surface area contributed by atoms with Crippen LogP contribution in [0.15, 0.2) is 4.79 Å². The largest absolute Gasteiger partial charge is 0.296 e. The van der Waals surface area contributed by atoms with Crippen molar-refractivity contribution in [2.45, 2.75) is 32.0 Å². The number of H-pyrrole nitrogens is 1. The van der Waals surface area contributed by atoms with Crippen molar-refractivity contribution < 1.29 is 0 Å². The van der Waals surface area contributed by atoms with Crippen LogP contribution in [0.2, 0.25) is 0 Å². The molecule has 0 atom stereocenters. The third-order valence-corrected chi connectivity index (χ3v) is 4.59. The number of fused-ring (bicyclic) bond motifs is 1. The minimum Gasteiger partial charge on any atom is -0.296 e. The lowest BCUT2D eigenvalue weighted by Gasteiger charge is -2.24. The van der Waals surface area contributed by atoms with Crippen LogP contribution in [0.3, 0.4) is 0 Å². The van der Waals surface area contributed by atoms with Crippen LogP contribution in [0.5, 0.6) is 0 Å². The summed E-state index contributed by atoms with van der Waals surface area (Å²) in [6.45, 7) is 1.72. The highest BCUT2D eigenvalue weighted by Gasteiger charge is 2.27. The van der Waals surface area contributed by atoms with Crippen LogP contribution in [0.4, 0.5) is 0 Å². The van der Waals surface area contributed by atoms with Gasteiger partial charge in [0.25, 0.3) is 5.56 Å². The van der Waals surface area contributed by atoms with Crippen LogP contribution in [0.1, 0.15) is 30.1 Å². The molecule has 1 aromatic heterocycles. The summed E-state index contributed by atoms with van der Waals surface area (Å²) in [5.41, 5.74) is 2.34. The van der Waals surface area contributed by atoms with E-state index in [0.717, 1.165) is 18.7 Å². The molecule has 0 bridgehead atoms. The summed E-state index contributed by atoms with van der Waals surface area (Å²) < 4.78 is 2.15. The van der Waals surface area contributed by atoms with Crippen LogP contribution in [-0.2, 0) is 13.1 Å². The maximum absolute atomic E-state index is 11.8. The molecule has 0 amide bonds. The number of aromatic nitrogens is 2. The minimum atomic E-state index is 0.123. The molecule has 5 heteroatoms. The minimum absolute atomic E-state index is 0.123. The van der Waals surface area contributed by atoms with E-state index in [0.29, 0.717) is 6.04 Å². The Hall–Kier alpha value is -0.680. The Morgan fingerprint density at radius 1 is 1.31 bits per heavy atom. The Balaban J connectivity index is 1.96. The van der Waals surface area contributed by atoms with Gasteiger partial charge in [0.2, 0.25) is 0 Å². The number of aromatic amines is 1. The number of hydrogen-bond donors (Lipinski definition) is 1. The molecular weight excluding hydrogens is 222 g/mol. The Labute approximate surface area is 99.0 Å². The van der Waals surface area contributed by atoms with Gasteiger partial charge in [-0.3, -0.25) is 19.5 Å². The third kappa shape index (κ3) is 1.62. The van der Waals surface area contributed by atoms with E-state index in [1.807, 2.05) is 11.8 Å². The fourth-order valence-electron chi connectivity index (χ4n) is 2.69. The van der Waals surface area contributed by atoms with E-state index in [4.69, 9.17) is 0 Å². The summed E-state index contributed by atoms with van der Waals surface area (Å²) >= 11 is 2.02. The molecule has 0 saturated carbocycles. The van der Waals surface area contributed by atoms with Crippen LogP contribution < -0.4 is 5.56 Å². The van der Waals surface area contributed by atoms with Gasteiger partial charge in [-0.2, -0.15) is 11.8 Å². The van der Waals surface area contributed by atoms with Gasteiger partial charge in [0.05, 0.1) is 17.3 Å². The summed E-state index contributed by atoms with van der Waals surface area (Å²) in [5.74, 6) is 2.44. The molecule has 1 saturated heterocycles. The van der Waals surface area contributed by atoms with E-state index in [1.54, 1.807) is 0 Å². The lowest BCUT2D eigenvalue weighted by atomic mass is 10.1. The molecule has 0 unspecified atom stereocenters. The van der Waals surface area contributed by atoms with Crippen molar-refractivity contribution in [1.82, 2.24) is 14.7 Å². The van der Waals surface area contributed by atoms with Gasteiger partial charge in [0.15, 0.2) is 0 Å². The Morgan fingerprint density at radius 3 is 2.81 bits per heavy atom. The molecule has 0 radical (unpaired) electrons. The number of rotatable bonds is 1. The Morgan fingerprint density at radius 2 is 2.06 bits per heavy atom. The molecular formula is C11H17N3OS. The predicted octanol–water partition coefficient (Wildman–Crippen LogP) is 1.19. The van der Waals surface area contributed by atoms with E-state index >= 15 is 0 Å². The number of thioether (sulfide) groups is 1. The molecule has 88 valence electrons. The molecule has 0 aliphatic carbocycles. The van der Waals surface area contributed by atoms with Gasteiger partial charge in [-0.1, -0.05) is 0 Å². The molecule has 2 aliphatic heterocycles. The number of hydrogen-bond acceptors (Lipinski definition) is 3. The maximum Gasteiger partial charge on any atom is 0.268 e. The van der Waals surface area contributed by atoms with E-state index < -0.39 is 0 Å². The molecule has 0 aromatic carbocycles. The second kappa shape index (κ2) is 3.96. The van der Waals surface area contributed by atoms with Gasteiger partial charge < -0.3 is 0 Å². The lowest BCUT2D eigenvalue weighted by Crippen LogP contribution is -2.22. The van der Waals surface area contributed by atoms with Gasteiger partial charge in [0.1, 0.15) is 0 Å². The van der Waals surface area contributed by atoms with Crippen molar-refractivity contribution >= 4 is 11.8 Å². The predicted molar refractivity (Wildman–Crippen MR) is 65.8 cm³/mol. The molecule has 0 spiro atoms. The fraction of sp³-hybridized carbons (Fsp3) is 0.727. The quantitative estimate of drug-likeness (QED) is 0.800. The van der Waals surface area contributed by atoms with Crippen molar-refractivity contribution in [3.63, 3.8) is 0 Å². The highest BCUT2D eigenvalue weighted by atomic mass is 32.2. The zero-order valence-electron chi connectivity index (χ0n) is 9.53. The molecule has 1 N–H and O–H groups in total. The summed E-state index contributed by atoms with van der Waals surface area (Å²) in [5, 5.41) is 3.03. The molecule has 1 fully saturated rings. The van der Waals surface area contributed by atoms with Crippen LogP contribution in [0, 0.1) is 0 Å². The second-order valence-corrected chi connectivity index (χ2v) is 5.98. The van der Waals surface area contributed by atoms with E-state index in [-0.39, 0.29) is 5.56 Å². The lowest BCUT2D eigenvalue weighted by molar-refractivity contribution is 0.327. The molecule has 1 aromatic rings. The van der Waals surface area contributed by atoms with Gasteiger partial charge in [-0.25, -0.2) is 0 Å². The average Bonchev–Trinajstić information content (AvgIpc) is 2.80. The smallest absolute Gasteiger partial charge is 0.268 e. The Kier molecular flexibility index (Phi) is 2.59. The van der Waals surface area contributed by atoms with Crippen molar-refractivity contribution in [3.05, 3.63) is 21.6 Å². The molecule has 3 rings (SSSR count). The summed E-state index contributed by atoms with van der Waals surface area (Å²) in [7, 11) is 2.07. The zero-order chi connectivity index (χ0) is 11.1. The van der Waals surface area contributed by atoms with Crippen LogP contribution in [-0.4, -0.2) is 33.2 Å². The van der Waals surface area contributed by atoms with Gasteiger partial charge in [-0.05, 0) is 31.4 Å². The first-order valence-electron chi connectivity index (χ1n) is 5.84. The number of nitrogens with one attached hydrogen (secondary N) is 1. The SMILES string of the molecule is CN1Cc2c(n(C3CCSCC3)[nH]c2=O)C1. The van der Waals surface area contributed by atoms with E-state index in [2.05, 4.69) is 21.7 Å². The molecule has 16 heavy (non-hydrogen) atoms. The van der Waals surface area contributed by atoms with E-state index in [9.17, 15) is 4.79 Å². The summed E-state index contributed by atoms with van der Waals surface area (Å²) in [6.07, 6.45) is 2.37. The highest BCUT2D eigenvalue weighted by Crippen LogP contribution is 2.29.